The highest BCUT2D eigenvalue weighted by Gasteiger charge is 2.16. The molecule has 1 heteroatoms. The molecular weight excluding hydrogens is 182 g/mol. The average molecular weight is 201 g/mol. The van der Waals surface area contributed by atoms with Crippen molar-refractivity contribution in [2.24, 2.45) is 5.41 Å². The van der Waals surface area contributed by atoms with Crippen LogP contribution in [0.15, 0.2) is 48.2 Å². The van der Waals surface area contributed by atoms with Gasteiger partial charge < -0.3 is 5.32 Å². The van der Waals surface area contributed by atoms with Crippen molar-refractivity contribution in [3.63, 3.8) is 0 Å². The van der Waals surface area contributed by atoms with Crippen molar-refractivity contribution in [3.05, 3.63) is 48.2 Å². The van der Waals surface area contributed by atoms with Crippen molar-refractivity contribution in [3.8, 4) is 0 Å². The van der Waals surface area contributed by atoms with Crippen LogP contribution >= 0.6 is 0 Å². The molecule has 1 unspecified atom stereocenters. The Labute approximate surface area is 92.3 Å². The Kier molecular flexibility index (Phi) is 2.81. The normalized spacial score (nSPS) is 27.6. The first-order valence-corrected chi connectivity index (χ1v) is 5.65. The zero-order chi connectivity index (χ0) is 10.7. The molecule has 0 aliphatic heterocycles. The summed E-state index contributed by atoms with van der Waals surface area (Å²) >= 11 is 0. The third-order valence-corrected chi connectivity index (χ3v) is 2.89. The van der Waals surface area contributed by atoms with Gasteiger partial charge in [-0.15, -0.1) is 0 Å². The van der Waals surface area contributed by atoms with E-state index in [1.165, 1.54) is 5.70 Å². The first-order chi connectivity index (χ1) is 7.16. The van der Waals surface area contributed by atoms with E-state index in [9.17, 15) is 0 Å². The Morgan fingerprint density at radius 3 is 2.80 bits per heavy atom. The SMILES string of the molecule is CC1(C)C=CC(NC2C=CC=CC2)=CC1. The molecule has 0 bridgehead atoms. The van der Waals surface area contributed by atoms with Crippen LogP contribution in [0, 0.1) is 5.41 Å². The molecule has 0 saturated carbocycles. The highest BCUT2D eigenvalue weighted by molar-refractivity contribution is 5.26. The second-order valence-electron chi connectivity index (χ2n) is 4.99. The Balaban J connectivity index is 1.92. The van der Waals surface area contributed by atoms with Crippen LogP contribution in [0.2, 0.25) is 0 Å². The maximum Gasteiger partial charge on any atom is 0.0481 e. The number of rotatable bonds is 2. The van der Waals surface area contributed by atoms with Crippen LogP contribution in [0.1, 0.15) is 26.7 Å². The van der Waals surface area contributed by atoms with Gasteiger partial charge in [-0.2, -0.15) is 0 Å². The lowest BCUT2D eigenvalue weighted by Gasteiger charge is -2.25. The molecule has 0 radical (unpaired) electrons. The molecule has 0 amide bonds. The van der Waals surface area contributed by atoms with Gasteiger partial charge in [0, 0.05) is 11.7 Å². The zero-order valence-corrected chi connectivity index (χ0v) is 9.53. The van der Waals surface area contributed by atoms with Crippen molar-refractivity contribution in [2.45, 2.75) is 32.7 Å². The quantitative estimate of drug-likeness (QED) is 0.722. The lowest BCUT2D eigenvalue weighted by atomic mass is 9.85. The average Bonchev–Trinajstić information content (AvgIpc) is 2.23. The predicted molar refractivity (Wildman–Crippen MR) is 65.4 cm³/mol. The molecule has 0 aromatic heterocycles. The minimum absolute atomic E-state index is 0.327. The molecule has 1 atom stereocenters. The Hall–Kier alpha value is -1.24. The first kappa shape index (κ1) is 10.3. The Bertz CT molecular complexity index is 342. The van der Waals surface area contributed by atoms with Gasteiger partial charge in [-0.3, -0.25) is 0 Å². The van der Waals surface area contributed by atoms with E-state index in [4.69, 9.17) is 0 Å². The largest absolute Gasteiger partial charge is 0.379 e. The maximum atomic E-state index is 3.53. The fourth-order valence-corrected chi connectivity index (χ4v) is 1.83. The highest BCUT2D eigenvalue weighted by Crippen LogP contribution is 2.27. The van der Waals surface area contributed by atoms with E-state index in [-0.39, 0.29) is 0 Å². The number of nitrogens with one attached hydrogen (secondary N) is 1. The van der Waals surface area contributed by atoms with Gasteiger partial charge in [-0.1, -0.05) is 50.3 Å². The Morgan fingerprint density at radius 2 is 2.20 bits per heavy atom. The van der Waals surface area contributed by atoms with E-state index in [1.807, 2.05) is 0 Å². The second-order valence-corrected chi connectivity index (χ2v) is 4.99. The number of hydrogen-bond donors (Lipinski definition) is 1. The van der Waals surface area contributed by atoms with E-state index in [2.05, 4.69) is 61.7 Å². The van der Waals surface area contributed by atoms with Crippen LogP contribution in [-0.2, 0) is 0 Å². The molecule has 2 aliphatic rings. The standard InChI is InChI=1S/C14H19N/c1-14(2)10-8-13(9-11-14)15-12-6-4-3-5-7-12/h3-6,8-10,12,15H,7,11H2,1-2H3. The smallest absolute Gasteiger partial charge is 0.0481 e. The fourth-order valence-electron chi connectivity index (χ4n) is 1.83. The summed E-state index contributed by atoms with van der Waals surface area (Å²) in [6, 6.07) is 0.465. The molecule has 0 heterocycles. The van der Waals surface area contributed by atoms with Crippen molar-refractivity contribution in [2.75, 3.05) is 0 Å². The summed E-state index contributed by atoms with van der Waals surface area (Å²) in [4.78, 5) is 0. The third-order valence-electron chi connectivity index (χ3n) is 2.89. The Morgan fingerprint density at radius 1 is 1.33 bits per heavy atom. The van der Waals surface area contributed by atoms with Gasteiger partial charge in [0.2, 0.25) is 0 Å². The summed E-state index contributed by atoms with van der Waals surface area (Å²) < 4.78 is 0. The van der Waals surface area contributed by atoms with Gasteiger partial charge >= 0.3 is 0 Å². The van der Waals surface area contributed by atoms with Crippen molar-refractivity contribution < 1.29 is 0 Å². The summed E-state index contributed by atoms with van der Waals surface area (Å²) in [7, 11) is 0. The summed E-state index contributed by atoms with van der Waals surface area (Å²) in [6.07, 6.45) is 17.6. The minimum Gasteiger partial charge on any atom is -0.379 e. The van der Waals surface area contributed by atoms with E-state index < -0.39 is 0 Å². The predicted octanol–water partition coefficient (Wildman–Crippen LogP) is 3.33. The molecule has 2 rings (SSSR count). The number of allylic oxidation sites excluding steroid dienone is 5. The van der Waals surface area contributed by atoms with Crippen LogP contribution in [0.5, 0.6) is 0 Å². The van der Waals surface area contributed by atoms with Crippen LogP contribution in [0.4, 0.5) is 0 Å². The number of hydrogen-bond acceptors (Lipinski definition) is 1. The van der Waals surface area contributed by atoms with Gasteiger partial charge in [0.25, 0.3) is 0 Å². The lowest BCUT2D eigenvalue weighted by molar-refractivity contribution is 0.477. The molecule has 1 N–H and O–H groups in total. The first-order valence-electron chi connectivity index (χ1n) is 5.65. The van der Waals surface area contributed by atoms with Crippen molar-refractivity contribution >= 4 is 0 Å². The molecule has 2 aliphatic carbocycles. The van der Waals surface area contributed by atoms with Crippen LogP contribution < -0.4 is 5.32 Å². The summed E-state index contributed by atoms with van der Waals surface area (Å²) in [5, 5.41) is 3.53. The molecule has 15 heavy (non-hydrogen) atoms. The molecule has 0 saturated heterocycles. The van der Waals surface area contributed by atoms with Crippen LogP contribution in [0.25, 0.3) is 0 Å². The van der Waals surface area contributed by atoms with E-state index in [1.54, 1.807) is 0 Å². The third kappa shape index (κ3) is 2.85. The lowest BCUT2D eigenvalue weighted by Crippen LogP contribution is -2.27. The summed E-state index contributed by atoms with van der Waals surface area (Å²) in [5.74, 6) is 0. The summed E-state index contributed by atoms with van der Waals surface area (Å²) in [5.41, 5.74) is 1.59. The van der Waals surface area contributed by atoms with E-state index >= 15 is 0 Å². The van der Waals surface area contributed by atoms with Gasteiger partial charge in [0.1, 0.15) is 0 Å². The molecule has 80 valence electrons. The molecule has 0 aromatic rings. The van der Waals surface area contributed by atoms with Gasteiger partial charge in [-0.05, 0) is 24.3 Å². The molecule has 0 fully saturated rings. The van der Waals surface area contributed by atoms with Crippen LogP contribution in [-0.4, -0.2) is 6.04 Å². The highest BCUT2D eigenvalue weighted by atomic mass is 14.9. The summed E-state index contributed by atoms with van der Waals surface area (Å²) in [6.45, 7) is 4.53. The van der Waals surface area contributed by atoms with Gasteiger partial charge in [-0.25, -0.2) is 0 Å². The monoisotopic (exact) mass is 201 g/mol. The molecule has 0 aromatic carbocycles. The van der Waals surface area contributed by atoms with E-state index in [0.29, 0.717) is 11.5 Å². The van der Waals surface area contributed by atoms with Crippen molar-refractivity contribution in [1.29, 1.82) is 0 Å². The fraction of sp³-hybridized carbons (Fsp3) is 0.429. The maximum absolute atomic E-state index is 3.53. The topological polar surface area (TPSA) is 12.0 Å². The van der Waals surface area contributed by atoms with Gasteiger partial charge in [0.05, 0.1) is 0 Å². The minimum atomic E-state index is 0.327. The zero-order valence-electron chi connectivity index (χ0n) is 9.53. The van der Waals surface area contributed by atoms with Crippen LogP contribution in [0.3, 0.4) is 0 Å². The van der Waals surface area contributed by atoms with Gasteiger partial charge in [0.15, 0.2) is 0 Å². The molecule has 0 spiro atoms. The molecular formula is C14H19N. The van der Waals surface area contributed by atoms with E-state index in [0.717, 1.165) is 12.8 Å². The second kappa shape index (κ2) is 4.09. The molecule has 1 nitrogen and oxygen atoms in total. The van der Waals surface area contributed by atoms with Crippen molar-refractivity contribution in [1.82, 2.24) is 5.32 Å².